The zero-order chi connectivity index (χ0) is 10.8. The van der Waals surface area contributed by atoms with Gasteiger partial charge in [0.25, 0.3) is 0 Å². The van der Waals surface area contributed by atoms with Crippen LogP contribution in [0, 0.1) is 0 Å². The van der Waals surface area contributed by atoms with Gasteiger partial charge >= 0.3 is 0 Å². The topological polar surface area (TPSA) is 77.2 Å². The summed E-state index contributed by atoms with van der Waals surface area (Å²) in [6.45, 7) is 0. The molecule has 76 valence electrons. The third kappa shape index (κ3) is 2.32. The summed E-state index contributed by atoms with van der Waals surface area (Å²) in [5.41, 5.74) is 6.36. The van der Waals surface area contributed by atoms with Crippen LogP contribution in [0.15, 0.2) is 23.1 Å². The molecule has 0 spiro atoms. The molecule has 0 heterocycles. The Morgan fingerprint density at radius 3 is 2.57 bits per heavy atom. The van der Waals surface area contributed by atoms with E-state index in [1.165, 1.54) is 12.1 Å². The lowest BCUT2D eigenvalue weighted by Crippen LogP contribution is -2.03. The van der Waals surface area contributed by atoms with Crippen molar-refractivity contribution < 1.29 is 13.2 Å². The fourth-order valence-electron chi connectivity index (χ4n) is 1.12. The molecule has 0 aliphatic rings. The fraction of sp³-hybridized carbons (Fsp3) is 0.222. The van der Waals surface area contributed by atoms with Crippen molar-refractivity contribution >= 4 is 21.8 Å². The number of hydrogen-bond acceptors (Lipinski definition) is 4. The first kappa shape index (κ1) is 10.7. The third-order valence-electron chi connectivity index (χ3n) is 1.80. The molecule has 0 aromatic heterocycles. The average molecular weight is 213 g/mol. The maximum Gasteiger partial charge on any atom is 0.177 e. The van der Waals surface area contributed by atoms with Crippen molar-refractivity contribution in [3.8, 4) is 0 Å². The zero-order valence-corrected chi connectivity index (χ0v) is 8.54. The lowest BCUT2D eigenvalue weighted by molar-refractivity contribution is -0.107. The van der Waals surface area contributed by atoms with Gasteiger partial charge < -0.3 is 10.5 Å². The molecule has 0 saturated heterocycles. The Bertz CT molecular complexity index is 451. The van der Waals surface area contributed by atoms with Gasteiger partial charge in [0.1, 0.15) is 6.29 Å². The number of hydrogen-bond donors (Lipinski definition) is 1. The average Bonchev–Trinajstić information content (AvgIpc) is 2.07. The highest BCUT2D eigenvalue weighted by molar-refractivity contribution is 7.90. The summed E-state index contributed by atoms with van der Waals surface area (Å²) in [4.78, 5) is 10.3. The van der Waals surface area contributed by atoms with Crippen LogP contribution in [0.1, 0.15) is 5.56 Å². The van der Waals surface area contributed by atoms with Crippen LogP contribution in [0.5, 0.6) is 0 Å². The van der Waals surface area contributed by atoms with Crippen LogP contribution >= 0.6 is 0 Å². The van der Waals surface area contributed by atoms with Crippen LogP contribution in [0.3, 0.4) is 0 Å². The van der Waals surface area contributed by atoms with Gasteiger partial charge in [-0.3, -0.25) is 0 Å². The van der Waals surface area contributed by atoms with E-state index < -0.39 is 9.84 Å². The first-order valence-electron chi connectivity index (χ1n) is 3.97. The lowest BCUT2D eigenvalue weighted by Gasteiger charge is -2.04. The summed E-state index contributed by atoms with van der Waals surface area (Å²) in [5, 5.41) is 0. The minimum absolute atomic E-state index is 0.0804. The standard InChI is InChI=1S/C9H11NO3S/c1-14(12,13)9-6-7(4-5-11)2-3-8(9)10/h2-3,5-6H,4,10H2,1H3. The van der Waals surface area contributed by atoms with Crippen molar-refractivity contribution in [3.05, 3.63) is 23.8 Å². The summed E-state index contributed by atoms with van der Waals surface area (Å²) in [7, 11) is -3.32. The van der Waals surface area contributed by atoms with E-state index in [0.29, 0.717) is 5.56 Å². The van der Waals surface area contributed by atoms with E-state index in [1.807, 2.05) is 0 Å². The number of anilines is 1. The maximum absolute atomic E-state index is 11.2. The van der Waals surface area contributed by atoms with Gasteiger partial charge in [0.05, 0.1) is 10.6 Å². The van der Waals surface area contributed by atoms with E-state index in [0.717, 1.165) is 12.5 Å². The van der Waals surface area contributed by atoms with Gasteiger partial charge in [-0.05, 0) is 17.7 Å². The molecule has 0 bridgehead atoms. The van der Waals surface area contributed by atoms with E-state index >= 15 is 0 Å². The first-order chi connectivity index (χ1) is 6.45. The molecule has 5 heteroatoms. The highest BCUT2D eigenvalue weighted by Gasteiger charge is 2.11. The first-order valence-corrected chi connectivity index (χ1v) is 5.86. The predicted octanol–water partition coefficient (Wildman–Crippen LogP) is 0.414. The molecule has 0 saturated carbocycles. The Morgan fingerprint density at radius 2 is 2.07 bits per heavy atom. The number of aldehydes is 1. The van der Waals surface area contributed by atoms with E-state index in [1.54, 1.807) is 6.07 Å². The molecule has 0 radical (unpaired) electrons. The van der Waals surface area contributed by atoms with Crippen LogP contribution in [-0.2, 0) is 21.1 Å². The molecule has 4 nitrogen and oxygen atoms in total. The monoisotopic (exact) mass is 213 g/mol. The zero-order valence-electron chi connectivity index (χ0n) is 7.73. The Balaban J connectivity index is 3.29. The summed E-state index contributed by atoms with van der Waals surface area (Å²) < 4.78 is 22.5. The second-order valence-corrected chi connectivity index (χ2v) is 5.00. The van der Waals surface area contributed by atoms with Crippen molar-refractivity contribution in [2.24, 2.45) is 0 Å². The van der Waals surface area contributed by atoms with Crippen LogP contribution in [-0.4, -0.2) is 21.0 Å². The highest BCUT2D eigenvalue weighted by Crippen LogP contribution is 2.19. The predicted molar refractivity (Wildman–Crippen MR) is 53.7 cm³/mol. The van der Waals surface area contributed by atoms with Crippen LogP contribution in [0.4, 0.5) is 5.69 Å². The molecular weight excluding hydrogens is 202 g/mol. The van der Waals surface area contributed by atoms with Gasteiger partial charge in [-0.2, -0.15) is 0 Å². The van der Waals surface area contributed by atoms with Crippen molar-refractivity contribution in [2.45, 2.75) is 11.3 Å². The second-order valence-electron chi connectivity index (χ2n) is 3.02. The molecule has 0 aliphatic heterocycles. The number of sulfone groups is 1. The van der Waals surface area contributed by atoms with E-state index in [4.69, 9.17) is 5.73 Å². The lowest BCUT2D eigenvalue weighted by atomic mass is 10.1. The molecule has 0 atom stereocenters. The SMILES string of the molecule is CS(=O)(=O)c1cc(CC=O)ccc1N. The number of rotatable bonds is 3. The van der Waals surface area contributed by atoms with Gasteiger partial charge in [-0.25, -0.2) is 8.42 Å². The van der Waals surface area contributed by atoms with Crippen LogP contribution in [0.2, 0.25) is 0 Å². The second kappa shape index (κ2) is 3.79. The van der Waals surface area contributed by atoms with E-state index in [9.17, 15) is 13.2 Å². The van der Waals surface area contributed by atoms with Crippen molar-refractivity contribution in [1.82, 2.24) is 0 Å². The maximum atomic E-state index is 11.2. The van der Waals surface area contributed by atoms with Crippen molar-refractivity contribution in [1.29, 1.82) is 0 Å². The number of carbonyl (C=O) groups excluding carboxylic acids is 1. The molecule has 1 aromatic carbocycles. The van der Waals surface area contributed by atoms with Crippen molar-refractivity contribution in [2.75, 3.05) is 12.0 Å². The molecule has 0 unspecified atom stereocenters. The number of nitrogen functional groups attached to an aromatic ring is 1. The van der Waals surface area contributed by atoms with Gasteiger partial charge in [-0.1, -0.05) is 6.07 Å². The molecule has 14 heavy (non-hydrogen) atoms. The number of nitrogens with two attached hydrogens (primary N) is 1. The molecule has 1 rings (SSSR count). The molecule has 0 amide bonds. The molecule has 2 N–H and O–H groups in total. The van der Waals surface area contributed by atoms with Gasteiger partial charge in [0.2, 0.25) is 0 Å². The Hall–Kier alpha value is -1.36. The minimum Gasteiger partial charge on any atom is -0.398 e. The van der Waals surface area contributed by atoms with Crippen LogP contribution < -0.4 is 5.73 Å². The number of benzene rings is 1. The summed E-state index contributed by atoms with van der Waals surface area (Å²) in [6.07, 6.45) is 2.00. The minimum atomic E-state index is -3.32. The highest BCUT2D eigenvalue weighted by atomic mass is 32.2. The largest absolute Gasteiger partial charge is 0.398 e. The Kier molecular flexibility index (Phi) is 2.90. The summed E-state index contributed by atoms with van der Waals surface area (Å²) >= 11 is 0. The fourth-order valence-corrected chi connectivity index (χ4v) is 1.98. The number of carbonyl (C=O) groups is 1. The quantitative estimate of drug-likeness (QED) is 0.583. The molecule has 1 aromatic rings. The van der Waals surface area contributed by atoms with E-state index in [2.05, 4.69) is 0 Å². The third-order valence-corrected chi connectivity index (χ3v) is 2.95. The smallest absolute Gasteiger partial charge is 0.177 e. The normalized spacial score (nSPS) is 11.2. The Labute approximate surface area is 82.7 Å². The molecular formula is C9H11NO3S. The Morgan fingerprint density at radius 1 is 1.43 bits per heavy atom. The van der Waals surface area contributed by atoms with Crippen molar-refractivity contribution in [3.63, 3.8) is 0 Å². The molecule has 0 fully saturated rings. The van der Waals surface area contributed by atoms with Crippen LogP contribution in [0.25, 0.3) is 0 Å². The van der Waals surface area contributed by atoms with Gasteiger partial charge in [0, 0.05) is 12.7 Å². The summed E-state index contributed by atoms with van der Waals surface area (Å²) in [6, 6.07) is 4.56. The van der Waals surface area contributed by atoms with Gasteiger partial charge in [-0.15, -0.1) is 0 Å². The van der Waals surface area contributed by atoms with Gasteiger partial charge in [0.15, 0.2) is 9.84 Å². The van der Waals surface area contributed by atoms with E-state index in [-0.39, 0.29) is 17.0 Å². The molecule has 0 aliphatic carbocycles. The summed E-state index contributed by atoms with van der Waals surface area (Å²) in [5.74, 6) is 0.